The molecule has 0 aliphatic carbocycles. The molecule has 3 N–H and O–H groups in total. The molecule has 0 aromatic heterocycles. The van der Waals surface area contributed by atoms with E-state index in [1.807, 2.05) is 48.5 Å². The summed E-state index contributed by atoms with van der Waals surface area (Å²) in [5.41, 5.74) is 10.5. The number of nitrogens with one attached hydrogen (secondary N) is 1. The first-order valence-corrected chi connectivity index (χ1v) is 7.08. The number of hydrogen-bond acceptors (Lipinski definition) is 2. The lowest BCUT2D eigenvalue weighted by Gasteiger charge is -2.13. The molecule has 21 heavy (non-hydrogen) atoms. The topological polar surface area (TPSA) is 38.0 Å². The van der Waals surface area contributed by atoms with Crippen molar-refractivity contribution >= 4 is 28.7 Å². The SMILES string of the molecule is Nc1ccc(Nc2ccccc2-c2ccccc2)c(Cl)c1. The molecule has 0 unspecified atom stereocenters. The average molecular weight is 295 g/mol. The van der Waals surface area contributed by atoms with Gasteiger partial charge in [0.1, 0.15) is 0 Å². The number of anilines is 3. The molecule has 0 atom stereocenters. The Morgan fingerprint density at radius 2 is 1.48 bits per heavy atom. The zero-order valence-electron chi connectivity index (χ0n) is 11.4. The maximum atomic E-state index is 6.24. The molecule has 104 valence electrons. The van der Waals surface area contributed by atoms with E-state index in [1.54, 1.807) is 6.07 Å². The molecule has 0 bridgehead atoms. The lowest BCUT2D eigenvalue weighted by molar-refractivity contribution is 1.53. The molecule has 0 fully saturated rings. The van der Waals surface area contributed by atoms with Gasteiger partial charge in [0, 0.05) is 16.9 Å². The quantitative estimate of drug-likeness (QED) is 0.640. The number of nitrogens with two attached hydrogens (primary N) is 1. The normalized spacial score (nSPS) is 10.3. The van der Waals surface area contributed by atoms with Gasteiger partial charge in [-0.3, -0.25) is 0 Å². The fourth-order valence-electron chi connectivity index (χ4n) is 2.24. The minimum Gasteiger partial charge on any atom is -0.399 e. The standard InChI is InChI=1S/C18H15ClN2/c19-16-12-14(20)10-11-18(16)21-17-9-5-4-8-15(17)13-6-2-1-3-7-13/h1-12,21H,20H2. The van der Waals surface area contributed by atoms with Gasteiger partial charge in [0.15, 0.2) is 0 Å². The van der Waals surface area contributed by atoms with Crippen molar-refractivity contribution in [2.45, 2.75) is 0 Å². The third kappa shape index (κ3) is 3.01. The summed E-state index contributed by atoms with van der Waals surface area (Å²) in [4.78, 5) is 0. The van der Waals surface area contributed by atoms with Gasteiger partial charge < -0.3 is 11.1 Å². The zero-order valence-corrected chi connectivity index (χ0v) is 12.1. The van der Waals surface area contributed by atoms with Crippen LogP contribution in [0.15, 0.2) is 72.8 Å². The van der Waals surface area contributed by atoms with Crippen molar-refractivity contribution < 1.29 is 0 Å². The second-order valence-corrected chi connectivity index (χ2v) is 5.18. The number of para-hydroxylation sites is 1. The Labute approximate surface area is 129 Å². The molecular formula is C18H15ClN2. The summed E-state index contributed by atoms with van der Waals surface area (Å²) in [6.07, 6.45) is 0. The van der Waals surface area contributed by atoms with Crippen LogP contribution in [-0.2, 0) is 0 Å². The van der Waals surface area contributed by atoms with Gasteiger partial charge in [-0.15, -0.1) is 0 Å². The highest BCUT2D eigenvalue weighted by Gasteiger charge is 2.06. The largest absolute Gasteiger partial charge is 0.399 e. The summed E-state index contributed by atoms with van der Waals surface area (Å²) >= 11 is 6.24. The first kappa shape index (κ1) is 13.5. The summed E-state index contributed by atoms with van der Waals surface area (Å²) < 4.78 is 0. The van der Waals surface area contributed by atoms with E-state index in [9.17, 15) is 0 Å². The molecule has 0 amide bonds. The molecule has 0 radical (unpaired) electrons. The number of halogens is 1. The van der Waals surface area contributed by atoms with Crippen molar-refractivity contribution in [3.63, 3.8) is 0 Å². The molecular weight excluding hydrogens is 280 g/mol. The van der Waals surface area contributed by atoms with E-state index in [4.69, 9.17) is 17.3 Å². The van der Waals surface area contributed by atoms with Crippen LogP contribution in [0.2, 0.25) is 5.02 Å². The van der Waals surface area contributed by atoms with Gasteiger partial charge in [-0.05, 0) is 29.8 Å². The predicted molar refractivity (Wildman–Crippen MR) is 91.0 cm³/mol. The molecule has 0 aliphatic heterocycles. The third-order valence-electron chi connectivity index (χ3n) is 3.27. The molecule has 0 spiro atoms. The second kappa shape index (κ2) is 5.90. The van der Waals surface area contributed by atoms with Gasteiger partial charge in [0.05, 0.1) is 10.7 Å². The van der Waals surface area contributed by atoms with Crippen LogP contribution in [-0.4, -0.2) is 0 Å². The number of hydrogen-bond donors (Lipinski definition) is 2. The van der Waals surface area contributed by atoms with E-state index >= 15 is 0 Å². The zero-order chi connectivity index (χ0) is 14.7. The lowest BCUT2D eigenvalue weighted by Crippen LogP contribution is -1.95. The summed E-state index contributed by atoms with van der Waals surface area (Å²) in [6, 6.07) is 23.9. The van der Waals surface area contributed by atoms with E-state index in [2.05, 4.69) is 23.5 Å². The Morgan fingerprint density at radius 1 is 0.762 bits per heavy atom. The van der Waals surface area contributed by atoms with Crippen molar-refractivity contribution in [1.82, 2.24) is 0 Å². The molecule has 3 aromatic rings. The van der Waals surface area contributed by atoms with Crippen LogP contribution in [0.25, 0.3) is 11.1 Å². The minimum atomic E-state index is 0.609. The van der Waals surface area contributed by atoms with Gasteiger partial charge in [-0.25, -0.2) is 0 Å². The smallest absolute Gasteiger partial charge is 0.0661 e. The predicted octanol–water partition coefficient (Wildman–Crippen LogP) is 5.33. The van der Waals surface area contributed by atoms with Crippen LogP contribution >= 0.6 is 11.6 Å². The maximum absolute atomic E-state index is 6.24. The Hall–Kier alpha value is -2.45. The molecule has 3 aromatic carbocycles. The number of nitrogen functional groups attached to an aromatic ring is 1. The Morgan fingerprint density at radius 3 is 2.24 bits per heavy atom. The minimum absolute atomic E-state index is 0.609. The van der Waals surface area contributed by atoms with Gasteiger partial charge in [0.25, 0.3) is 0 Å². The van der Waals surface area contributed by atoms with Crippen molar-refractivity contribution in [3.05, 3.63) is 77.8 Å². The van der Waals surface area contributed by atoms with Crippen LogP contribution < -0.4 is 11.1 Å². The fourth-order valence-corrected chi connectivity index (χ4v) is 2.48. The third-order valence-corrected chi connectivity index (χ3v) is 3.59. The molecule has 3 heteroatoms. The highest BCUT2D eigenvalue weighted by Crippen LogP contribution is 2.33. The van der Waals surface area contributed by atoms with E-state index in [1.165, 1.54) is 0 Å². The monoisotopic (exact) mass is 294 g/mol. The number of benzene rings is 3. The van der Waals surface area contributed by atoms with Crippen LogP contribution in [0.5, 0.6) is 0 Å². The Kier molecular flexibility index (Phi) is 3.80. The maximum Gasteiger partial charge on any atom is 0.0661 e. The lowest BCUT2D eigenvalue weighted by atomic mass is 10.0. The molecule has 2 nitrogen and oxygen atoms in total. The summed E-state index contributed by atoms with van der Waals surface area (Å²) in [5.74, 6) is 0. The van der Waals surface area contributed by atoms with E-state index < -0.39 is 0 Å². The van der Waals surface area contributed by atoms with E-state index in [-0.39, 0.29) is 0 Å². The van der Waals surface area contributed by atoms with Gasteiger partial charge >= 0.3 is 0 Å². The van der Waals surface area contributed by atoms with Crippen molar-refractivity contribution in [1.29, 1.82) is 0 Å². The number of rotatable bonds is 3. The van der Waals surface area contributed by atoms with Crippen LogP contribution in [0.1, 0.15) is 0 Å². The van der Waals surface area contributed by atoms with E-state index in [0.29, 0.717) is 10.7 Å². The van der Waals surface area contributed by atoms with Crippen molar-refractivity contribution in [3.8, 4) is 11.1 Å². The van der Waals surface area contributed by atoms with Gasteiger partial charge in [0.2, 0.25) is 0 Å². The van der Waals surface area contributed by atoms with Crippen molar-refractivity contribution in [2.24, 2.45) is 0 Å². The van der Waals surface area contributed by atoms with Gasteiger partial charge in [-0.1, -0.05) is 60.1 Å². The molecule has 0 heterocycles. The molecule has 0 saturated heterocycles. The Bertz CT molecular complexity index is 754. The summed E-state index contributed by atoms with van der Waals surface area (Å²) in [6.45, 7) is 0. The van der Waals surface area contributed by atoms with E-state index in [0.717, 1.165) is 22.5 Å². The summed E-state index contributed by atoms with van der Waals surface area (Å²) in [5, 5.41) is 3.99. The summed E-state index contributed by atoms with van der Waals surface area (Å²) in [7, 11) is 0. The first-order valence-electron chi connectivity index (χ1n) is 6.70. The van der Waals surface area contributed by atoms with Crippen LogP contribution in [0.3, 0.4) is 0 Å². The van der Waals surface area contributed by atoms with Crippen LogP contribution in [0, 0.1) is 0 Å². The highest BCUT2D eigenvalue weighted by atomic mass is 35.5. The average Bonchev–Trinajstić information content (AvgIpc) is 2.51. The molecule has 0 saturated carbocycles. The molecule has 0 aliphatic rings. The highest BCUT2D eigenvalue weighted by molar-refractivity contribution is 6.33. The second-order valence-electron chi connectivity index (χ2n) is 4.78. The van der Waals surface area contributed by atoms with Gasteiger partial charge in [-0.2, -0.15) is 0 Å². The first-order chi connectivity index (χ1) is 10.2. The van der Waals surface area contributed by atoms with Crippen LogP contribution in [0.4, 0.5) is 17.1 Å². The van der Waals surface area contributed by atoms with Crippen molar-refractivity contribution in [2.75, 3.05) is 11.1 Å². The Balaban J connectivity index is 2.00. The fraction of sp³-hybridized carbons (Fsp3) is 0. The molecule has 3 rings (SSSR count).